The maximum absolute atomic E-state index is 13.7. The number of benzene rings is 2. The van der Waals surface area contributed by atoms with Gasteiger partial charge in [0.25, 0.3) is 0 Å². The molecule has 1 aliphatic rings. The highest BCUT2D eigenvalue weighted by Crippen LogP contribution is 2.28. The van der Waals surface area contributed by atoms with Gasteiger partial charge < -0.3 is 10.2 Å². The van der Waals surface area contributed by atoms with Gasteiger partial charge in [-0.3, -0.25) is 0 Å². The Morgan fingerprint density at radius 3 is 2.52 bits per heavy atom. The molecule has 0 bridgehead atoms. The number of nitrogens with zero attached hydrogens (tertiary/aromatic N) is 3. The van der Waals surface area contributed by atoms with Gasteiger partial charge in [-0.15, -0.1) is 0 Å². The lowest BCUT2D eigenvalue weighted by Gasteiger charge is -2.31. The minimum absolute atomic E-state index is 0.272. The Balaban J connectivity index is 1.79. The summed E-state index contributed by atoms with van der Waals surface area (Å²) in [6.07, 6.45) is 0.787. The van der Waals surface area contributed by atoms with Gasteiger partial charge in [0, 0.05) is 49.4 Å². The molecule has 2 aromatic carbocycles. The summed E-state index contributed by atoms with van der Waals surface area (Å²) in [5, 5.41) is 3.39. The minimum atomic E-state index is -0.272. The summed E-state index contributed by atoms with van der Waals surface area (Å²) in [5.41, 5.74) is 4.03. The van der Waals surface area contributed by atoms with Gasteiger partial charge in [0.1, 0.15) is 11.6 Å². The van der Waals surface area contributed by atoms with E-state index in [4.69, 9.17) is 9.97 Å². The zero-order chi connectivity index (χ0) is 18.6. The Labute approximate surface area is 159 Å². The van der Waals surface area contributed by atoms with Crippen molar-refractivity contribution in [1.29, 1.82) is 0 Å². The van der Waals surface area contributed by atoms with E-state index >= 15 is 0 Å². The number of hydrogen-bond donors (Lipinski definition) is 1. The predicted octanol–water partition coefficient (Wildman–Crippen LogP) is 3.59. The molecule has 1 aromatic heterocycles. The first-order valence-electron chi connectivity index (χ1n) is 9.34. The Kier molecular flexibility index (Phi) is 5.12. The van der Waals surface area contributed by atoms with Gasteiger partial charge >= 0.3 is 0 Å². The fourth-order valence-electron chi connectivity index (χ4n) is 3.48. The molecule has 0 amide bonds. The summed E-state index contributed by atoms with van der Waals surface area (Å²) >= 11 is 0. The molecule has 0 atom stereocenters. The van der Waals surface area contributed by atoms with E-state index < -0.39 is 0 Å². The Morgan fingerprint density at radius 1 is 1.00 bits per heavy atom. The standard InChI is InChI=1S/C22H23FN4/c1-16-20(14-17-6-3-2-4-7-17)22(27-12-10-24-11-13-27)26-21(25-16)18-8-5-9-19(23)15-18/h2-9,15,24H,10-14H2,1H3. The molecule has 0 unspecified atom stereocenters. The van der Waals surface area contributed by atoms with E-state index in [0.29, 0.717) is 11.4 Å². The van der Waals surface area contributed by atoms with Crippen LogP contribution in [0.1, 0.15) is 16.8 Å². The third kappa shape index (κ3) is 3.98. The molecular weight excluding hydrogens is 339 g/mol. The molecule has 4 nitrogen and oxygen atoms in total. The molecule has 138 valence electrons. The smallest absolute Gasteiger partial charge is 0.161 e. The van der Waals surface area contributed by atoms with Crippen LogP contribution in [0.3, 0.4) is 0 Å². The lowest BCUT2D eigenvalue weighted by molar-refractivity contribution is 0.583. The second-order valence-corrected chi connectivity index (χ2v) is 6.84. The van der Waals surface area contributed by atoms with E-state index in [1.54, 1.807) is 6.07 Å². The predicted molar refractivity (Wildman–Crippen MR) is 106 cm³/mol. The van der Waals surface area contributed by atoms with Crippen LogP contribution in [0.25, 0.3) is 11.4 Å². The highest BCUT2D eigenvalue weighted by molar-refractivity contribution is 5.61. The van der Waals surface area contributed by atoms with E-state index in [0.717, 1.165) is 49.7 Å². The summed E-state index contributed by atoms with van der Waals surface area (Å²) < 4.78 is 13.7. The molecule has 0 spiro atoms. The maximum Gasteiger partial charge on any atom is 0.161 e. The quantitative estimate of drug-likeness (QED) is 0.770. The van der Waals surface area contributed by atoms with Crippen molar-refractivity contribution < 1.29 is 4.39 Å². The second kappa shape index (κ2) is 7.84. The molecule has 1 fully saturated rings. The topological polar surface area (TPSA) is 41.1 Å². The first-order valence-corrected chi connectivity index (χ1v) is 9.34. The minimum Gasteiger partial charge on any atom is -0.354 e. The zero-order valence-electron chi connectivity index (χ0n) is 15.5. The Morgan fingerprint density at radius 2 is 1.78 bits per heavy atom. The van der Waals surface area contributed by atoms with E-state index in [9.17, 15) is 4.39 Å². The van der Waals surface area contributed by atoms with Crippen LogP contribution >= 0.6 is 0 Å². The second-order valence-electron chi connectivity index (χ2n) is 6.84. The normalized spacial score (nSPS) is 14.4. The van der Waals surface area contributed by atoms with Gasteiger partial charge in [-0.05, 0) is 24.6 Å². The summed E-state index contributed by atoms with van der Waals surface area (Å²) in [4.78, 5) is 11.9. The average molecular weight is 362 g/mol. The molecule has 1 saturated heterocycles. The van der Waals surface area contributed by atoms with Crippen LogP contribution < -0.4 is 10.2 Å². The third-order valence-electron chi connectivity index (χ3n) is 4.92. The number of anilines is 1. The summed E-state index contributed by atoms with van der Waals surface area (Å²) in [6, 6.07) is 16.9. The number of rotatable bonds is 4. The number of halogens is 1. The summed E-state index contributed by atoms with van der Waals surface area (Å²) in [7, 11) is 0. The van der Waals surface area contributed by atoms with Gasteiger partial charge in [0.15, 0.2) is 5.82 Å². The monoisotopic (exact) mass is 362 g/mol. The number of piperazine rings is 1. The van der Waals surface area contributed by atoms with Crippen molar-refractivity contribution in [2.45, 2.75) is 13.3 Å². The third-order valence-corrected chi connectivity index (χ3v) is 4.92. The van der Waals surface area contributed by atoms with Crippen LogP contribution in [0.2, 0.25) is 0 Å². The fourth-order valence-corrected chi connectivity index (χ4v) is 3.48. The first kappa shape index (κ1) is 17.6. The largest absolute Gasteiger partial charge is 0.354 e. The Hall–Kier alpha value is -2.79. The van der Waals surface area contributed by atoms with Crippen molar-refractivity contribution in [2.75, 3.05) is 31.1 Å². The lowest BCUT2D eigenvalue weighted by atomic mass is 10.0. The van der Waals surface area contributed by atoms with Gasteiger partial charge in [-0.2, -0.15) is 0 Å². The van der Waals surface area contributed by atoms with Crippen LogP contribution in [0.4, 0.5) is 10.2 Å². The van der Waals surface area contributed by atoms with Gasteiger partial charge in [0.05, 0.1) is 0 Å². The van der Waals surface area contributed by atoms with Crippen LogP contribution in [0.5, 0.6) is 0 Å². The highest BCUT2D eigenvalue weighted by Gasteiger charge is 2.20. The van der Waals surface area contributed by atoms with Crippen molar-refractivity contribution in [1.82, 2.24) is 15.3 Å². The molecule has 0 radical (unpaired) electrons. The van der Waals surface area contributed by atoms with E-state index in [1.807, 2.05) is 19.1 Å². The molecule has 0 saturated carbocycles. The van der Waals surface area contributed by atoms with Crippen LogP contribution in [-0.2, 0) is 6.42 Å². The number of hydrogen-bond acceptors (Lipinski definition) is 4. The Bertz CT molecular complexity index is 921. The van der Waals surface area contributed by atoms with E-state index in [1.165, 1.54) is 17.7 Å². The van der Waals surface area contributed by atoms with E-state index in [-0.39, 0.29) is 5.82 Å². The summed E-state index contributed by atoms with van der Waals surface area (Å²) in [5.74, 6) is 1.27. The molecule has 1 N–H and O–H groups in total. The van der Waals surface area contributed by atoms with Gasteiger partial charge in [-0.25, -0.2) is 14.4 Å². The molecule has 5 heteroatoms. The molecule has 4 rings (SSSR count). The average Bonchev–Trinajstić information content (AvgIpc) is 2.71. The number of aryl methyl sites for hydroxylation is 1. The van der Waals surface area contributed by atoms with Crippen LogP contribution in [0.15, 0.2) is 54.6 Å². The fraction of sp³-hybridized carbons (Fsp3) is 0.273. The first-order chi connectivity index (χ1) is 13.2. The van der Waals surface area contributed by atoms with Crippen molar-refractivity contribution >= 4 is 5.82 Å². The van der Waals surface area contributed by atoms with Crippen molar-refractivity contribution in [3.63, 3.8) is 0 Å². The summed E-state index contributed by atoms with van der Waals surface area (Å²) in [6.45, 7) is 5.70. The highest BCUT2D eigenvalue weighted by atomic mass is 19.1. The molecule has 27 heavy (non-hydrogen) atoms. The molecule has 0 aliphatic carbocycles. The van der Waals surface area contributed by atoms with Gasteiger partial charge in [-0.1, -0.05) is 42.5 Å². The van der Waals surface area contributed by atoms with Gasteiger partial charge in [0.2, 0.25) is 0 Å². The van der Waals surface area contributed by atoms with Crippen molar-refractivity contribution in [2.24, 2.45) is 0 Å². The van der Waals surface area contributed by atoms with E-state index in [2.05, 4.69) is 34.5 Å². The lowest BCUT2D eigenvalue weighted by Crippen LogP contribution is -2.44. The number of aromatic nitrogens is 2. The molecule has 1 aliphatic heterocycles. The molecular formula is C22H23FN4. The van der Waals surface area contributed by atoms with Crippen LogP contribution in [-0.4, -0.2) is 36.1 Å². The zero-order valence-corrected chi connectivity index (χ0v) is 15.5. The van der Waals surface area contributed by atoms with Crippen LogP contribution in [0, 0.1) is 12.7 Å². The molecule has 2 heterocycles. The SMILES string of the molecule is Cc1nc(-c2cccc(F)c2)nc(N2CCNCC2)c1Cc1ccccc1. The van der Waals surface area contributed by atoms with Crippen molar-refractivity contribution in [3.05, 3.63) is 77.2 Å². The van der Waals surface area contributed by atoms with Crippen molar-refractivity contribution in [3.8, 4) is 11.4 Å². The molecule has 3 aromatic rings. The maximum atomic E-state index is 13.7. The number of nitrogens with one attached hydrogen (secondary N) is 1.